The van der Waals surface area contributed by atoms with E-state index in [2.05, 4.69) is 27.4 Å². The van der Waals surface area contributed by atoms with Gasteiger partial charge in [-0.15, -0.1) is 0 Å². The molecule has 1 spiro atoms. The first-order valence-corrected chi connectivity index (χ1v) is 16.2. The highest BCUT2D eigenvalue weighted by atomic mass is 35.5. The molecule has 3 amide bonds. The molecule has 42 heavy (non-hydrogen) atoms. The van der Waals surface area contributed by atoms with Gasteiger partial charge in [-0.05, 0) is 50.6 Å². The van der Waals surface area contributed by atoms with Crippen molar-refractivity contribution < 1.29 is 19.1 Å². The largest absolute Gasteiger partial charge is 0.359 e. The van der Waals surface area contributed by atoms with Crippen molar-refractivity contribution in [3.8, 4) is 0 Å². The maximum Gasteiger partial charge on any atom is 0.246 e. The third kappa shape index (κ3) is 5.71. The first-order valence-electron chi connectivity index (χ1n) is 15.5. The Bertz CT molecular complexity index is 1210. The van der Waals surface area contributed by atoms with Crippen molar-refractivity contribution in [2.45, 2.75) is 69.2 Å². The molecule has 5 atom stereocenters. The van der Waals surface area contributed by atoms with Gasteiger partial charge < -0.3 is 30.1 Å². The second-order valence-electron chi connectivity index (χ2n) is 12.4. The maximum atomic E-state index is 14.2. The molecule has 2 N–H and O–H groups in total. The zero-order valence-electron chi connectivity index (χ0n) is 24.2. The number of hydrogen-bond donors (Lipinski definition) is 2. The summed E-state index contributed by atoms with van der Waals surface area (Å²) in [6.45, 7) is 8.64. The number of piperazine rings is 1. The van der Waals surface area contributed by atoms with Gasteiger partial charge in [0.15, 0.2) is 0 Å². The summed E-state index contributed by atoms with van der Waals surface area (Å²) in [5.41, 5.74) is -0.711. The fraction of sp³-hybridized carbons (Fsp3) is 0.645. The minimum Gasteiger partial charge on any atom is -0.359 e. The number of nitrogens with zero attached hydrogens (tertiary/aromatic N) is 3. The SMILES string of the molecule is CCN1CCN(CCCN2C(=O)C3C(C(=O)Nc4cc(Cl)cc(Cl)c4)C4C=CC3(O4)C2C(=O)NC2CCCCC2)CC1. The second kappa shape index (κ2) is 12.4. The van der Waals surface area contributed by atoms with Crippen molar-refractivity contribution in [2.24, 2.45) is 11.8 Å². The van der Waals surface area contributed by atoms with Crippen LogP contribution in [0.1, 0.15) is 45.4 Å². The highest BCUT2D eigenvalue weighted by Gasteiger charge is 2.72. The number of likely N-dealkylation sites (tertiary alicyclic amines) is 1. The number of fused-ring (bicyclic) bond motifs is 1. The minimum absolute atomic E-state index is 0.0998. The van der Waals surface area contributed by atoms with Crippen LogP contribution in [0.3, 0.4) is 0 Å². The Hall–Kier alpha value is -2.17. The molecule has 1 aromatic carbocycles. The van der Waals surface area contributed by atoms with E-state index in [0.29, 0.717) is 22.3 Å². The van der Waals surface area contributed by atoms with E-state index in [0.717, 1.165) is 71.4 Å². The Labute approximate surface area is 257 Å². The van der Waals surface area contributed by atoms with Gasteiger partial charge in [-0.3, -0.25) is 14.4 Å². The van der Waals surface area contributed by atoms with Gasteiger partial charge in [-0.2, -0.15) is 0 Å². The number of carbonyl (C=O) groups is 3. The zero-order valence-corrected chi connectivity index (χ0v) is 25.7. The molecule has 0 radical (unpaired) electrons. The van der Waals surface area contributed by atoms with Crippen LogP contribution >= 0.6 is 23.2 Å². The topological polar surface area (TPSA) is 94.2 Å². The van der Waals surface area contributed by atoms with Crippen LogP contribution in [0.2, 0.25) is 10.0 Å². The van der Waals surface area contributed by atoms with Crippen LogP contribution in [0.25, 0.3) is 0 Å². The summed E-state index contributed by atoms with van der Waals surface area (Å²) in [6.07, 6.45) is 9.12. The number of amides is 3. The van der Waals surface area contributed by atoms with Gasteiger partial charge in [0, 0.05) is 54.5 Å². The molecule has 5 aliphatic rings. The summed E-state index contributed by atoms with van der Waals surface area (Å²) in [7, 11) is 0. The number of anilines is 1. The van der Waals surface area contributed by atoms with E-state index in [1.165, 1.54) is 6.42 Å². The summed E-state index contributed by atoms with van der Waals surface area (Å²) < 4.78 is 6.48. The molecule has 228 valence electrons. The first-order chi connectivity index (χ1) is 20.3. The number of ether oxygens (including phenoxy) is 1. The van der Waals surface area contributed by atoms with Gasteiger partial charge in [0.2, 0.25) is 17.7 Å². The lowest BCUT2D eigenvalue weighted by Crippen LogP contribution is -2.56. The van der Waals surface area contributed by atoms with E-state index in [1.54, 1.807) is 23.1 Å². The van der Waals surface area contributed by atoms with E-state index in [4.69, 9.17) is 27.9 Å². The number of halogens is 2. The Morgan fingerprint density at radius 3 is 2.36 bits per heavy atom. The van der Waals surface area contributed by atoms with Gasteiger partial charge in [0.1, 0.15) is 11.6 Å². The predicted octanol–water partition coefficient (Wildman–Crippen LogP) is 3.56. The number of rotatable bonds is 9. The van der Waals surface area contributed by atoms with Crippen molar-refractivity contribution in [3.63, 3.8) is 0 Å². The van der Waals surface area contributed by atoms with E-state index in [1.807, 2.05) is 12.2 Å². The molecule has 9 nitrogen and oxygen atoms in total. The highest BCUT2D eigenvalue weighted by Crippen LogP contribution is 2.55. The average Bonchev–Trinajstić information content (AvgIpc) is 3.61. The maximum absolute atomic E-state index is 14.2. The molecular formula is C31H41Cl2N5O4. The summed E-state index contributed by atoms with van der Waals surface area (Å²) in [6, 6.07) is 4.12. The third-order valence-electron chi connectivity index (χ3n) is 9.79. The van der Waals surface area contributed by atoms with Crippen LogP contribution < -0.4 is 10.6 Å². The van der Waals surface area contributed by atoms with Crippen LogP contribution in [0.4, 0.5) is 5.69 Å². The van der Waals surface area contributed by atoms with Gasteiger partial charge in [-0.25, -0.2) is 0 Å². The van der Waals surface area contributed by atoms with Gasteiger partial charge in [0.25, 0.3) is 0 Å². The van der Waals surface area contributed by atoms with E-state index in [9.17, 15) is 14.4 Å². The Balaban J connectivity index is 1.21. The molecule has 0 aromatic heterocycles. The molecule has 1 aromatic rings. The summed E-state index contributed by atoms with van der Waals surface area (Å²) in [5.74, 6) is -2.26. The lowest BCUT2D eigenvalue weighted by Gasteiger charge is -2.36. The van der Waals surface area contributed by atoms with Crippen LogP contribution in [-0.4, -0.2) is 102 Å². The Morgan fingerprint density at radius 1 is 0.976 bits per heavy atom. The number of hydrogen-bond acceptors (Lipinski definition) is 6. The molecule has 11 heteroatoms. The lowest BCUT2D eigenvalue weighted by molar-refractivity contribution is -0.141. The molecule has 1 aliphatic carbocycles. The summed E-state index contributed by atoms with van der Waals surface area (Å²) >= 11 is 12.3. The fourth-order valence-electron chi connectivity index (χ4n) is 7.68. The molecule has 2 bridgehead atoms. The van der Waals surface area contributed by atoms with Crippen LogP contribution in [0.15, 0.2) is 30.4 Å². The molecule has 1 saturated carbocycles. The molecule has 6 rings (SSSR count). The van der Waals surface area contributed by atoms with Crippen LogP contribution in [-0.2, 0) is 19.1 Å². The van der Waals surface area contributed by atoms with Gasteiger partial charge >= 0.3 is 0 Å². The van der Waals surface area contributed by atoms with E-state index >= 15 is 0 Å². The van der Waals surface area contributed by atoms with Gasteiger partial charge in [0.05, 0.1) is 17.9 Å². The molecular weight excluding hydrogens is 577 g/mol. The molecule has 3 saturated heterocycles. The fourth-order valence-corrected chi connectivity index (χ4v) is 8.21. The van der Waals surface area contributed by atoms with Gasteiger partial charge in [-0.1, -0.05) is 61.5 Å². The van der Waals surface area contributed by atoms with Crippen LogP contribution in [0.5, 0.6) is 0 Å². The lowest BCUT2D eigenvalue weighted by atomic mass is 9.74. The molecule has 4 aliphatic heterocycles. The molecule has 5 unspecified atom stereocenters. The van der Waals surface area contributed by atoms with E-state index < -0.39 is 29.6 Å². The standard InChI is InChI=1S/C31H41Cl2N5O4/c1-2-36-13-15-37(16-14-36)11-6-12-38-27(29(40)34-22-7-4-3-5-8-22)31-10-9-24(42-31)25(26(31)30(38)41)28(39)35-23-18-20(32)17-21(33)19-23/h9-10,17-19,22,24-27H,2-8,11-16H2,1H3,(H,34,40)(H,35,39). The first kappa shape index (κ1) is 29.9. The van der Waals surface area contributed by atoms with Crippen molar-refractivity contribution >= 4 is 46.6 Å². The normalized spacial score (nSPS) is 31.5. The third-order valence-corrected chi connectivity index (χ3v) is 10.2. The zero-order chi connectivity index (χ0) is 29.4. The Kier molecular flexibility index (Phi) is 8.85. The van der Waals surface area contributed by atoms with Crippen molar-refractivity contribution in [2.75, 3.05) is 51.1 Å². The number of benzene rings is 1. The monoisotopic (exact) mass is 617 g/mol. The van der Waals surface area contributed by atoms with Crippen molar-refractivity contribution in [1.82, 2.24) is 20.0 Å². The van der Waals surface area contributed by atoms with Crippen molar-refractivity contribution in [1.29, 1.82) is 0 Å². The quantitative estimate of drug-likeness (QED) is 0.412. The van der Waals surface area contributed by atoms with Crippen molar-refractivity contribution in [3.05, 3.63) is 40.4 Å². The number of likely N-dealkylation sites (N-methyl/N-ethyl adjacent to an activating group) is 1. The van der Waals surface area contributed by atoms with E-state index in [-0.39, 0.29) is 23.8 Å². The smallest absolute Gasteiger partial charge is 0.246 e. The molecule has 4 heterocycles. The predicted molar refractivity (Wildman–Crippen MR) is 163 cm³/mol. The minimum atomic E-state index is -1.17. The number of nitrogens with one attached hydrogen (secondary N) is 2. The summed E-state index contributed by atoms with van der Waals surface area (Å²) in [5, 5.41) is 6.95. The molecule has 4 fully saturated rings. The Morgan fingerprint density at radius 2 is 1.67 bits per heavy atom. The van der Waals surface area contributed by atoms with Crippen LogP contribution in [0, 0.1) is 11.8 Å². The number of carbonyl (C=O) groups excluding carboxylic acids is 3. The second-order valence-corrected chi connectivity index (χ2v) is 13.2. The highest BCUT2D eigenvalue weighted by molar-refractivity contribution is 6.35. The average molecular weight is 619 g/mol. The summed E-state index contributed by atoms with van der Waals surface area (Å²) in [4.78, 5) is 48.5.